The topological polar surface area (TPSA) is 60.2 Å². The van der Waals surface area contributed by atoms with Crippen LogP contribution in [0.4, 0.5) is 30.6 Å². The number of nitrogens with one attached hydrogen (secondary N) is 3. The summed E-state index contributed by atoms with van der Waals surface area (Å²) in [4.78, 5) is 16.8. The van der Waals surface area contributed by atoms with Crippen LogP contribution < -0.4 is 15.5 Å². The summed E-state index contributed by atoms with van der Waals surface area (Å²) in [7, 11) is 0. The molecule has 0 aliphatic carbocycles. The number of amides is 2. The highest BCUT2D eigenvalue weighted by Gasteiger charge is 2.43. The molecule has 2 amide bonds. The van der Waals surface area contributed by atoms with Gasteiger partial charge >= 0.3 is 6.03 Å². The van der Waals surface area contributed by atoms with Crippen molar-refractivity contribution in [3.05, 3.63) is 53.7 Å². The molecule has 3 aromatic rings. The van der Waals surface area contributed by atoms with Crippen LogP contribution in [0.3, 0.4) is 0 Å². The molecule has 1 aromatic heterocycles. The van der Waals surface area contributed by atoms with Crippen molar-refractivity contribution in [1.82, 2.24) is 4.98 Å². The van der Waals surface area contributed by atoms with Gasteiger partial charge in [0, 0.05) is 33.5 Å². The van der Waals surface area contributed by atoms with Crippen LogP contribution in [0.25, 0.3) is 10.9 Å². The second kappa shape index (κ2) is 6.17. The Hall–Kier alpha value is -2.80. The molecule has 8 heteroatoms. The summed E-state index contributed by atoms with van der Waals surface area (Å²) in [5.74, 6) is -2.61. The third-order valence-corrected chi connectivity index (χ3v) is 4.46. The highest BCUT2D eigenvalue weighted by Crippen LogP contribution is 2.32. The summed E-state index contributed by atoms with van der Waals surface area (Å²) < 4.78 is 25.8. The lowest BCUT2D eigenvalue weighted by molar-refractivity contribution is -0.0262. The molecule has 5 nitrogen and oxygen atoms in total. The van der Waals surface area contributed by atoms with E-state index in [-0.39, 0.29) is 13.1 Å². The Labute approximate surface area is 152 Å². The summed E-state index contributed by atoms with van der Waals surface area (Å²) in [5.41, 5.74) is 2.74. The minimum atomic E-state index is -2.61. The Morgan fingerprint density at radius 2 is 1.85 bits per heavy atom. The normalized spacial score (nSPS) is 15.6. The zero-order chi connectivity index (χ0) is 18.3. The molecule has 0 atom stereocenters. The van der Waals surface area contributed by atoms with Crippen molar-refractivity contribution in [1.29, 1.82) is 0 Å². The van der Waals surface area contributed by atoms with Crippen LogP contribution in [-0.4, -0.2) is 30.0 Å². The third-order valence-electron chi connectivity index (χ3n) is 4.23. The van der Waals surface area contributed by atoms with E-state index >= 15 is 0 Å². The fourth-order valence-corrected chi connectivity index (χ4v) is 3.10. The number of halogens is 3. The number of H-pyrrole nitrogens is 1. The minimum absolute atomic E-state index is 0.274. The van der Waals surface area contributed by atoms with Gasteiger partial charge in [-0.3, -0.25) is 0 Å². The predicted molar refractivity (Wildman–Crippen MR) is 99.6 cm³/mol. The van der Waals surface area contributed by atoms with Gasteiger partial charge in [-0.05, 0) is 42.5 Å². The number of hydrogen-bond acceptors (Lipinski definition) is 2. The van der Waals surface area contributed by atoms with Crippen LogP contribution in [0.5, 0.6) is 0 Å². The maximum atomic E-state index is 12.9. The van der Waals surface area contributed by atoms with Gasteiger partial charge in [-0.15, -0.1) is 0 Å². The highest BCUT2D eigenvalue weighted by atomic mass is 35.5. The smallest absolute Gasteiger partial charge is 0.323 e. The van der Waals surface area contributed by atoms with Gasteiger partial charge in [0.05, 0.1) is 18.8 Å². The standard InChI is InChI=1S/C18H15ClF2N4O/c19-11-1-6-15-14(7-11)16(8-22-15)24-17(26)23-12-2-4-13(5-3-12)25-9-18(20,21)10-25/h1-8,22H,9-10H2,(H2,23,24,26). The Balaban J connectivity index is 1.41. The predicted octanol–water partition coefficient (Wildman–Crippen LogP) is 4.92. The number of alkyl halides is 2. The number of nitrogens with zero attached hydrogens (tertiary/aromatic N) is 1. The van der Waals surface area contributed by atoms with Crippen molar-refractivity contribution < 1.29 is 13.6 Å². The van der Waals surface area contributed by atoms with Crippen molar-refractivity contribution in [2.24, 2.45) is 0 Å². The number of anilines is 3. The fourth-order valence-electron chi connectivity index (χ4n) is 2.93. The largest absolute Gasteiger partial charge is 0.359 e. The number of urea groups is 1. The van der Waals surface area contributed by atoms with Gasteiger partial charge in [0.1, 0.15) is 0 Å². The number of aromatic amines is 1. The van der Waals surface area contributed by atoms with E-state index in [1.54, 1.807) is 47.5 Å². The summed E-state index contributed by atoms with van der Waals surface area (Å²) in [5, 5.41) is 6.86. The molecule has 1 aliphatic heterocycles. The first-order valence-corrected chi connectivity index (χ1v) is 8.35. The number of hydrogen-bond donors (Lipinski definition) is 3. The average molecular weight is 377 g/mol. The zero-order valence-corrected chi connectivity index (χ0v) is 14.3. The molecule has 0 radical (unpaired) electrons. The Morgan fingerprint density at radius 1 is 1.12 bits per heavy atom. The second-order valence-electron chi connectivity index (χ2n) is 6.23. The first kappa shape index (κ1) is 16.7. The lowest BCUT2D eigenvalue weighted by atomic mass is 10.1. The monoisotopic (exact) mass is 376 g/mol. The van der Waals surface area contributed by atoms with Gasteiger partial charge in [-0.2, -0.15) is 0 Å². The van der Waals surface area contributed by atoms with E-state index in [2.05, 4.69) is 15.6 Å². The minimum Gasteiger partial charge on any atom is -0.359 e. The van der Waals surface area contributed by atoms with Crippen LogP contribution in [-0.2, 0) is 0 Å². The van der Waals surface area contributed by atoms with Gasteiger partial charge in [-0.1, -0.05) is 11.6 Å². The van der Waals surface area contributed by atoms with E-state index in [1.165, 1.54) is 0 Å². The van der Waals surface area contributed by atoms with Gasteiger partial charge in [0.2, 0.25) is 0 Å². The van der Waals surface area contributed by atoms with Gasteiger partial charge in [-0.25, -0.2) is 13.6 Å². The molecule has 4 rings (SSSR count). The van der Waals surface area contributed by atoms with Crippen molar-refractivity contribution >= 4 is 45.6 Å². The van der Waals surface area contributed by atoms with E-state index in [4.69, 9.17) is 11.6 Å². The van der Waals surface area contributed by atoms with Crippen LogP contribution in [0.15, 0.2) is 48.7 Å². The Bertz CT molecular complexity index is 963. The summed E-state index contributed by atoms with van der Waals surface area (Å²) in [6, 6.07) is 11.7. The molecule has 0 unspecified atom stereocenters. The molecule has 0 spiro atoms. The van der Waals surface area contributed by atoms with Crippen LogP contribution in [0.2, 0.25) is 5.02 Å². The number of benzene rings is 2. The van der Waals surface area contributed by atoms with Crippen molar-refractivity contribution in [3.63, 3.8) is 0 Å². The lowest BCUT2D eigenvalue weighted by Crippen LogP contribution is -2.56. The number of carbonyl (C=O) groups is 1. The van der Waals surface area contributed by atoms with E-state index in [0.29, 0.717) is 22.1 Å². The van der Waals surface area contributed by atoms with Gasteiger partial charge in [0.15, 0.2) is 0 Å². The molecular weight excluding hydrogens is 362 g/mol. The van der Waals surface area contributed by atoms with Crippen molar-refractivity contribution in [2.75, 3.05) is 28.6 Å². The molecule has 2 heterocycles. The molecule has 1 fully saturated rings. The summed E-state index contributed by atoms with van der Waals surface area (Å²) in [6.45, 7) is -0.549. The maximum absolute atomic E-state index is 12.9. The van der Waals surface area contributed by atoms with Crippen LogP contribution in [0.1, 0.15) is 0 Å². The lowest BCUT2D eigenvalue weighted by Gasteiger charge is -2.40. The van der Waals surface area contributed by atoms with Crippen LogP contribution in [0, 0.1) is 0 Å². The molecule has 2 aromatic carbocycles. The number of carbonyl (C=O) groups excluding carboxylic acids is 1. The molecule has 1 aliphatic rings. The summed E-state index contributed by atoms with van der Waals surface area (Å²) in [6.07, 6.45) is 1.69. The highest BCUT2D eigenvalue weighted by molar-refractivity contribution is 6.31. The van der Waals surface area contributed by atoms with Gasteiger partial charge in [0.25, 0.3) is 5.92 Å². The first-order chi connectivity index (χ1) is 12.4. The molecule has 0 saturated carbocycles. The van der Waals surface area contributed by atoms with E-state index in [9.17, 15) is 13.6 Å². The van der Waals surface area contributed by atoms with E-state index in [0.717, 1.165) is 10.9 Å². The van der Waals surface area contributed by atoms with Gasteiger partial charge < -0.3 is 20.5 Å². The molecule has 0 bridgehead atoms. The molecule has 26 heavy (non-hydrogen) atoms. The van der Waals surface area contributed by atoms with Crippen molar-refractivity contribution in [3.8, 4) is 0 Å². The van der Waals surface area contributed by atoms with Crippen LogP contribution >= 0.6 is 11.6 Å². The quantitative estimate of drug-likeness (QED) is 0.607. The zero-order valence-electron chi connectivity index (χ0n) is 13.5. The molecule has 3 N–H and O–H groups in total. The fraction of sp³-hybridized carbons (Fsp3) is 0.167. The number of aromatic nitrogens is 1. The third kappa shape index (κ3) is 3.30. The molecule has 134 valence electrons. The van der Waals surface area contributed by atoms with E-state index in [1.807, 2.05) is 6.07 Å². The number of rotatable bonds is 3. The second-order valence-corrected chi connectivity index (χ2v) is 6.67. The van der Waals surface area contributed by atoms with Crippen molar-refractivity contribution in [2.45, 2.75) is 5.92 Å². The molecule has 1 saturated heterocycles. The SMILES string of the molecule is O=C(Nc1ccc(N2CC(F)(F)C2)cc1)Nc1c[nH]c2ccc(Cl)cc12. The average Bonchev–Trinajstić information content (AvgIpc) is 2.95. The molecular formula is C18H15ClF2N4O. The first-order valence-electron chi connectivity index (χ1n) is 7.97. The maximum Gasteiger partial charge on any atom is 0.323 e. The summed E-state index contributed by atoms with van der Waals surface area (Å²) >= 11 is 6.00. The number of fused-ring (bicyclic) bond motifs is 1. The Morgan fingerprint density at radius 3 is 2.54 bits per heavy atom. The van der Waals surface area contributed by atoms with E-state index < -0.39 is 12.0 Å². The Kier molecular flexibility index (Phi) is 3.96.